The third-order valence-electron chi connectivity index (χ3n) is 3.83. The van der Waals surface area contributed by atoms with E-state index >= 15 is 0 Å². The van der Waals surface area contributed by atoms with Crippen molar-refractivity contribution in [2.75, 3.05) is 11.9 Å². The number of fused-ring (bicyclic) bond motifs is 1. The summed E-state index contributed by atoms with van der Waals surface area (Å²) in [5, 5.41) is 13.3. The van der Waals surface area contributed by atoms with Gasteiger partial charge < -0.3 is 9.67 Å². The predicted molar refractivity (Wildman–Crippen MR) is 95.1 cm³/mol. The highest BCUT2D eigenvalue weighted by Gasteiger charge is 2.26. The molecule has 0 saturated carbocycles. The lowest BCUT2D eigenvalue weighted by Crippen LogP contribution is -2.35. The SMILES string of the molecule is CC(C)n1c(=O)c(C(=O)N(C)c2nccs2)c(O)c2ccccc21. The molecule has 3 aromatic rings. The summed E-state index contributed by atoms with van der Waals surface area (Å²) < 4.78 is 1.53. The largest absolute Gasteiger partial charge is 0.506 e. The van der Waals surface area contributed by atoms with Gasteiger partial charge in [-0.25, -0.2) is 4.98 Å². The van der Waals surface area contributed by atoms with Crippen molar-refractivity contribution in [1.82, 2.24) is 9.55 Å². The van der Waals surface area contributed by atoms with Crippen molar-refractivity contribution in [1.29, 1.82) is 0 Å². The van der Waals surface area contributed by atoms with E-state index in [1.54, 1.807) is 35.8 Å². The summed E-state index contributed by atoms with van der Waals surface area (Å²) in [4.78, 5) is 31.1. The third-order valence-corrected chi connectivity index (χ3v) is 4.68. The third kappa shape index (κ3) is 2.46. The Kier molecular flexibility index (Phi) is 4.11. The van der Waals surface area contributed by atoms with E-state index in [2.05, 4.69) is 4.98 Å². The molecule has 3 rings (SSSR count). The average molecular weight is 343 g/mol. The van der Waals surface area contributed by atoms with Gasteiger partial charge in [-0.05, 0) is 26.0 Å². The summed E-state index contributed by atoms with van der Waals surface area (Å²) in [7, 11) is 1.54. The van der Waals surface area contributed by atoms with Crippen molar-refractivity contribution in [3.63, 3.8) is 0 Å². The zero-order valence-corrected chi connectivity index (χ0v) is 14.4. The summed E-state index contributed by atoms with van der Waals surface area (Å²) in [5.41, 5.74) is -0.141. The molecule has 2 aromatic heterocycles. The van der Waals surface area contributed by atoms with Gasteiger partial charge in [-0.15, -0.1) is 11.3 Å². The smallest absolute Gasteiger partial charge is 0.269 e. The number of hydrogen-bond acceptors (Lipinski definition) is 5. The van der Waals surface area contributed by atoms with Crippen molar-refractivity contribution >= 4 is 33.3 Å². The van der Waals surface area contributed by atoms with E-state index in [1.807, 2.05) is 13.8 Å². The first kappa shape index (κ1) is 16.2. The van der Waals surface area contributed by atoms with Crippen LogP contribution in [0, 0.1) is 0 Å². The molecule has 0 aliphatic carbocycles. The second-order valence-corrected chi connectivity index (χ2v) is 6.56. The lowest BCUT2D eigenvalue weighted by atomic mass is 10.1. The van der Waals surface area contributed by atoms with Gasteiger partial charge in [0.2, 0.25) is 0 Å². The fourth-order valence-electron chi connectivity index (χ4n) is 2.69. The van der Waals surface area contributed by atoms with Crippen LogP contribution in [-0.2, 0) is 0 Å². The van der Waals surface area contributed by atoms with Crippen LogP contribution in [0.3, 0.4) is 0 Å². The van der Waals surface area contributed by atoms with Crippen LogP contribution < -0.4 is 10.5 Å². The Morgan fingerprint density at radius 2 is 2.04 bits per heavy atom. The molecule has 24 heavy (non-hydrogen) atoms. The number of carbonyl (C=O) groups excluding carboxylic acids is 1. The molecule has 1 amide bonds. The fourth-order valence-corrected chi connectivity index (χ4v) is 3.30. The number of benzene rings is 1. The molecule has 0 aliphatic heterocycles. The average Bonchev–Trinajstić information content (AvgIpc) is 3.08. The van der Waals surface area contributed by atoms with Crippen LogP contribution in [0.4, 0.5) is 5.13 Å². The molecule has 2 heterocycles. The van der Waals surface area contributed by atoms with Crippen LogP contribution in [0.15, 0.2) is 40.6 Å². The first-order valence-corrected chi connectivity index (χ1v) is 8.35. The van der Waals surface area contributed by atoms with Gasteiger partial charge in [0.1, 0.15) is 11.3 Å². The molecule has 0 bridgehead atoms. The van der Waals surface area contributed by atoms with E-state index in [9.17, 15) is 14.7 Å². The number of anilines is 1. The van der Waals surface area contributed by atoms with Gasteiger partial charge in [0, 0.05) is 30.1 Å². The molecular formula is C17H17N3O3S. The van der Waals surface area contributed by atoms with E-state index in [0.29, 0.717) is 16.0 Å². The Hall–Kier alpha value is -2.67. The highest BCUT2D eigenvalue weighted by molar-refractivity contribution is 7.13. The summed E-state index contributed by atoms with van der Waals surface area (Å²) in [6.07, 6.45) is 1.58. The standard InChI is InChI=1S/C17H17N3O3S/c1-10(2)20-12-7-5-4-6-11(12)14(21)13(16(20)23)15(22)19(3)17-18-8-9-24-17/h4-10,21H,1-3H3. The topological polar surface area (TPSA) is 75.4 Å². The number of thiazole rings is 1. The van der Waals surface area contributed by atoms with Crippen LogP contribution in [0.5, 0.6) is 5.75 Å². The molecule has 1 aromatic carbocycles. The molecule has 0 saturated heterocycles. The fraction of sp³-hybridized carbons (Fsp3) is 0.235. The van der Waals surface area contributed by atoms with Crippen LogP contribution in [0.25, 0.3) is 10.9 Å². The van der Waals surface area contributed by atoms with Crippen molar-refractivity contribution in [2.45, 2.75) is 19.9 Å². The van der Waals surface area contributed by atoms with Gasteiger partial charge in [-0.2, -0.15) is 0 Å². The lowest BCUT2D eigenvalue weighted by Gasteiger charge is -2.19. The maximum Gasteiger partial charge on any atom is 0.269 e. The highest BCUT2D eigenvalue weighted by atomic mass is 32.1. The van der Waals surface area contributed by atoms with E-state index in [1.165, 1.54) is 27.9 Å². The number of rotatable bonds is 3. The van der Waals surface area contributed by atoms with Crippen molar-refractivity contribution in [2.24, 2.45) is 0 Å². The molecule has 0 fully saturated rings. The number of amides is 1. The first-order chi connectivity index (χ1) is 11.4. The number of carbonyl (C=O) groups is 1. The predicted octanol–water partition coefficient (Wildman–Crippen LogP) is 3.02. The molecule has 0 radical (unpaired) electrons. The number of pyridine rings is 1. The minimum absolute atomic E-state index is 0.153. The zero-order chi connectivity index (χ0) is 17.4. The van der Waals surface area contributed by atoms with Gasteiger partial charge in [-0.1, -0.05) is 12.1 Å². The minimum Gasteiger partial charge on any atom is -0.506 e. The normalized spacial score (nSPS) is 11.2. The zero-order valence-electron chi connectivity index (χ0n) is 13.6. The van der Waals surface area contributed by atoms with Crippen molar-refractivity contribution < 1.29 is 9.90 Å². The van der Waals surface area contributed by atoms with E-state index in [0.717, 1.165) is 0 Å². The molecule has 124 valence electrons. The van der Waals surface area contributed by atoms with Gasteiger partial charge in [-0.3, -0.25) is 14.5 Å². The van der Waals surface area contributed by atoms with Gasteiger partial charge >= 0.3 is 0 Å². The monoisotopic (exact) mass is 343 g/mol. The Morgan fingerprint density at radius 1 is 1.33 bits per heavy atom. The van der Waals surface area contributed by atoms with E-state index in [4.69, 9.17) is 0 Å². The van der Waals surface area contributed by atoms with Crippen LogP contribution in [-0.4, -0.2) is 27.6 Å². The number of nitrogens with zero attached hydrogens (tertiary/aromatic N) is 3. The van der Waals surface area contributed by atoms with E-state index < -0.39 is 11.5 Å². The van der Waals surface area contributed by atoms with Crippen LogP contribution in [0.2, 0.25) is 0 Å². The van der Waals surface area contributed by atoms with Gasteiger partial charge in [0.05, 0.1) is 5.52 Å². The Morgan fingerprint density at radius 3 is 2.67 bits per heavy atom. The lowest BCUT2D eigenvalue weighted by molar-refractivity contribution is 0.0988. The maximum atomic E-state index is 12.9. The van der Waals surface area contributed by atoms with E-state index in [-0.39, 0.29) is 17.4 Å². The quantitative estimate of drug-likeness (QED) is 0.793. The first-order valence-electron chi connectivity index (χ1n) is 7.47. The number of para-hydroxylation sites is 1. The molecule has 0 unspecified atom stereocenters. The van der Waals surface area contributed by atoms with Gasteiger partial charge in [0.15, 0.2) is 5.13 Å². The highest BCUT2D eigenvalue weighted by Crippen LogP contribution is 2.29. The Labute approximate surface area is 142 Å². The van der Waals surface area contributed by atoms with Crippen LogP contribution in [0.1, 0.15) is 30.2 Å². The minimum atomic E-state index is -0.576. The van der Waals surface area contributed by atoms with Crippen molar-refractivity contribution in [3.8, 4) is 5.75 Å². The molecule has 6 nitrogen and oxygen atoms in total. The second-order valence-electron chi connectivity index (χ2n) is 5.69. The number of aromatic hydroxyl groups is 1. The molecule has 0 spiro atoms. The molecule has 0 atom stereocenters. The summed E-state index contributed by atoms with van der Waals surface area (Å²) in [5.74, 6) is -0.867. The Bertz CT molecular complexity index is 961. The van der Waals surface area contributed by atoms with Crippen LogP contribution >= 0.6 is 11.3 Å². The summed E-state index contributed by atoms with van der Waals surface area (Å²) in [6.45, 7) is 3.73. The second kappa shape index (κ2) is 6.09. The number of hydrogen-bond donors (Lipinski definition) is 1. The van der Waals surface area contributed by atoms with Crippen molar-refractivity contribution in [3.05, 3.63) is 51.8 Å². The molecule has 7 heteroatoms. The molecule has 1 N–H and O–H groups in total. The number of aromatic nitrogens is 2. The summed E-state index contributed by atoms with van der Waals surface area (Å²) >= 11 is 1.28. The maximum absolute atomic E-state index is 12.9. The van der Waals surface area contributed by atoms with Gasteiger partial charge in [0.25, 0.3) is 11.5 Å². The Balaban J connectivity index is 2.29. The molecule has 0 aliphatic rings. The summed E-state index contributed by atoms with van der Waals surface area (Å²) in [6, 6.07) is 6.86. The molecular weight excluding hydrogens is 326 g/mol.